The predicted molar refractivity (Wildman–Crippen MR) is 110 cm³/mol. The highest BCUT2D eigenvalue weighted by molar-refractivity contribution is 5.75. The molecule has 3 rings (SSSR count). The predicted octanol–water partition coefficient (Wildman–Crippen LogP) is 3.61. The van der Waals surface area contributed by atoms with Crippen molar-refractivity contribution in [2.75, 3.05) is 44.2 Å². The molecule has 0 N–H and O–H groups in total. The van der Waals surface area contributed by atoms with E-state index in [-0.39, 0.29) is 5.97 Å². The number of piperazine rings is 1. The molecule has 5 nitrogen and oxygen atoms in total. The fraction of sp³-hybridized carbons (Fsp3) is 0.682. The van der Waals surface area contributed by atoms with Crippen LogP contribution in [0.25, 0.3) is 0 Å². The Bertz CT molecular complexity index is 639. The van der Waals surface area contributed by atoms with E-state index in [1.54, 1.807) is 0 Å². The van der Waals surface area contributed by atoms with Gasteiger partial charge in [-0.25, -0.2) is 4.79 Å². The van der Waals surface area contributed by atoms with Gasteiger partial charge in [0.15, 0.2) is 0 Å². The van der Waals surface area contributed by atoms with Crippen molar-refractivity contribution in [3.05, 3.63) is 29.3 Å². The van der Waals surface area contributed by atoms with Crippen LogP contribution in [-0.4, -0.2) is 55.2 Å². The van der Waals surface area contributed by atoms with Crippen molar-refractivity contribution in [3.63, 3.8) is 0 Å². The average Bonchev–Trinajstić information content (AvgIpc) is 2.65. The Morgan fingerprint density at radius 3 is 2.30 bits per heavy atom. The van der Waals surface area contributed by atoms with Crippen molar-refractivity contribution in [2.45, 2.75) is 53.5 Å². The van der Waals surface area contributed by atoms with E-state index < -0.39 is 5.41 Å². The zero-order valence-corrected chi connectivity index (χ0v) is 17.5. The van der Waals surface area contributed by atoms with Crippen LogP contribution in [0.4, 0.5) is 5.69 Å². The summed E-state index contributed by atoms with van der Waals surface area (Å²) in [5, 5.41) is 1.82. The second-order valence-corrected chi connectivity index (χ2v) is 8.94. The van der Waals surface area contributed by atoms with Gasteiger partial charge in [-0.1, -0.05) is 12.1 Å². The number of hydrogen-bond donors (Lipinski definition) is 0. The Labute approximate surface area is 164 Å². The van der Waals surface area contributed by atoms with Crippen molar-refractivity contribution in [1.29, 1.82) is 0 Å². The second kappa shape index (κ2) is 8.61. The first-order valence-corrected chi connectivity index (χ1v) is 10.4. The second-order valence-electron chi connectivity index (χ2n) is 8.94. The molecule has 2 aliphatic heterocycles. The van der Waals surface area contributed by atoms with Gasteiger partial charge in [-0.3, -0.25) is 4.90 Å². The molecule has 0 aliphatic carbocycles. The molecule has 1 aromatic carbocycles. The number of piperidine rings is 1. The summed E-state index contributed by atoms with van der Waals surface area (Å²) in [6, 6.07) is 6.73. The van der Waals surface area contributed by atoms with Gasteiger partial charge in [-0.15, -0.1) is 5.06 Å². The van der Waals surface area contributed by atoms with Crippen molar-refractivity contribution in [1.82, 2.24) is 9.96 Å². The Balaban J connectivity index is 1.55. The standard InChI is InChI=1S/C22H35N3O2/c1-18-19(9-8-10-20(18)24-11-6-5-7-12-24)17-23-13-15-25(16-14-23)27-21(26)22(2,3)4/h8-10H,5-7,11-17H2,1-4H3. The molecule has 0 atom stereocenters. The minimum absolute atomic E-state index is 0.152. The van der Waals surface area contributed by atoms with E-state index in [0.717, 1.165) is 32.7 Å². The fourth-order valence-electron chi connectivity index (χ4n) is 3.79. The lowest BCUT2D eigenvalue weighted by Gasteiger charge is -2.35. The summed E-state index contributed by atoms with van der Waals surface area (Å²) >= 11 is 0. The van der Waals surface area contributed by atoms with Gasteiger partial charge in [0.05, 0.1) is 5.41 Å². The van der Waals surface area contributed by atoms with E-state index in [0.29, 0.717) is 0 Å². The van der Waals surface area contributed by atoms with Crippen molar-refractivity contribution in [2.24, 2.45) is 5.41 Å². The van der Waals surface area contributed by atoms with E-state index in [9.17, 15) is 4.79 Å². The van der Waals surface area contributed by atoms with E-state index in [2.05, 4.69) is 34.9 Å². The van der Waals surface area contributed by atoms with Gasteiger partial charge in [0.2, 0.25) is 0 Å². The maximum atomic E-state index is 12.1. The Morgan fingerprint density at radius 1 is 1.00 bits per heavy atom. The zero-order valence-electron chi connectivity index (χ0n) is 17.5. The summed E-state index contributed by atoms with van der Waals surface area (Å²) in [7, 11) is 0. The van der Waals surface area contributed by atoms with Crippen molar-refractivity contribution >= 4 is 11.7 Å². The minimum atomic E-state index is -0.455. The van der Waals surface area contributed by atoms with Gasteiger partial charge in [-0.05, 0) is 64.2 Å². The number of hydrogen-bond acceptors (Lipinski definition) is 5. The topological polar surface area (TPSA) is 36.0 Å². The molecule has 0 amide bonds. The molecule has 27 heavy (non-hydrogen) atoms. The molecule has 2 fully saturated rings. The maximum Gasteiger partial charge on any atom is 0.330 e. The van der Waals surface area contributed by atoms with Gasteiger partial charge in [-0.2, -0.15) is 0 Å². The minimum Gasteiger partial charge on any atom is -0.371 e. The highest BCUT2D eigenvalue weighted by atomic mass is 16.7. The number of nitrogens with zero attached hydrogens (tertiary/aromatic N) is 3. The quantitative estimate of drug-likeness (QED) is 0.806. The van der Waals surface area contributed by atoms with Crippen LogP contribution in [0.15, 0.2) is 18.2 Å². The molecule has 2 heterocycles. The monoisotopic (exact) mass is 373 g/mol. The van der Waals surface area contributed by atoms with E-state index >= 15 is 0 Å². The van der Waals surface area contributed by atoms with Gasteiger partial charge in [0.1, 0.15) is 0 Å². The van der Waals surface area contributed by atoms with Crippen molar-refractivity contribution in [3.8, 4) is 0 Å². The van der Waals surface area contributed by atoms with Crippen LogP contribution in [-0.2, 0) is 16.2 Å². The lowest BCUT2D eigenvalue weighted by atomic mass is 9.98. The third kappa shape index (κ3) is 5.23. The first kappa shape index (κ1) is 20.2. The Morgan fingerprint density at radius 2 is 1.67 bits per heavy atom. The molecular formula is C22H35N3O2. The molecule has 5 heteroatoms. The largest absolute Gasteiger partial charge is 0.371 e. The molecule has 2 saturated heterocycles. The Hall–Kier alpha value is -1.59. The van der Waals surface area contributed by atoms with Crippen LogP contribution >= 0.6 is 0 Å². The van der Waals surface area contributed by atoms with E-state index in [1.165, 1.54) is 49.2 Å². The third-order valence-corrected chi connectivity index (χ3v) is 5.66. The van der Waals surface area contributed by atoms with Gasteiger partial charge >= 0.3 is 5.97 Å². The lowest BCUT2D eigenvalue weighted by Crippen LogP contribution is -2.47. The number of anilines is 1. The molecule has 150 valence electrons. The molecule has 2 aliphatic rings. The smallest absolute Gasteiger partial charge is 0.330 e. The number of rotatable bonds is 4. The van der Waals surface area contributed by atoms with Crippen molar-refractivity contribution < 1.29 is 9.63 Å². The Kier molecular flexibility index (Phi) is 6.43. The summed E-state index contributed by atoms with van der Waals surface area (Å²) in [6.07, 6.45) is 3.97. The highest BCUT2D eigenvalue weighted by Gasteiger charge is 2.28. The van der Waals surface area contributed by atoms with Crippen LogP contribution in [0.2, 0.25) is 0 Å². The van der Waals surface area contributed by atoms with Crippen LogP contribution < -0.4 is 4.90 Å². The highest BCUT2D eigenvalue weighted by Crippen LogP contribution is 2.27. The summed E-state index contributed by atoms with van der Waals surface area (Å²) in [6.45, 7) is 14.7. The number of benzene rings is 1. The van der Waals surface area contributed by atoms with E-state index in [1.807, 2.05) is 25.8 Å². The molecule has 0 saturated carbocycles. The summed E-state index contributed by atoms with van der Waals surface area (Å²) < 4.78 is 0. The first-order valence-electron chi connectivity index (χ1n) is 10.4. The molecule has 0 bridgehead atoms. The molecule has 0 spiro atoms. The normalized spacial score (nSPS) is 19.9. The third-order valence-electron chi connectivity index (χ3n) is 5.66. The SMILES string of the molecule is Cc1c(CN2CCN(OC(=O)C(C)(C)C)CC2)cccc1N1CCCCC1. The molecule has 0 unspecified atom stereocenters. The number of hydroxylamine groups is 2. The fourth-order valence-corrected chi connectivity index (χ4v) is 3.79. The number of carbonyl (C=O) groups is 1. The summed E-state index contributed by atoms with van der Waals surface area (Å²) in [5.41, 5.74) is 3.78. The summed E-state index contributed by atoms with van der Waals surface area (Å²) in [5.74, 6) is -0.152. The lowest BCUT2D eigenvalue weighted by molar-refractivity contribution is -0.207. The molecular weight excluding hydrogens is 338 g/mol. The summed E-state index contributed by atoms with van der Waals surface area (Å²) in [4.78, 5) is 22.6. The van der Waals surface area contributed by atoms with Crippen LogP contribution in [0.1, 0.15) is 51.2 Å². The van der Waals surface area contributed by atoms with Crippen LogP contribution in [0.3, 0.4) is 0 Å². The van der Waals surface area contributed by atoms with Gasteiger partial charge in [0, 0.05) is 51.5 Å². The zero-order chi connectivity index (χ0) is 19.4. The average molecular weight is 374 g/mol. The van der Waals surface area contributed by atoms with E-state index in [4.69, 9.17) is 4.84 Å². The molecule has 0 aromatic heterocycles. The van der Waals surface area contributed by atoms with Crippen LogP contribution in [0.5, 0.6) is 0 Å². The van der Waals surface area contributed by atoms with Crippen LogP contribution in [0, 0.1) is 12.3 Å². The number of carbonyl (C=O) groups excluding carboxylic acids is 1. The first-order chi connectivity index (χ1) is 12.8. The van der Waals surface area contributed by atoms with Gasteiger partial charge in [0.25, 0.3) is 0 Å². The molecule has 0 radical (unpaired) electrons. The molecule has 1 aromatic rings. The van der Waals surface area contributed by atoms with Gasteiger partial charge < -0.3 is 9.74 Å². The maximum absolute atomic E-state index is 12.1.